The highest BCUT2D eigenvalue weighted by Crippen LogP contribution is 2.30. The first kappa shape index (κ1) is 20.8. The predicted molar refractivity (Wildman–Crippen MR) is 98.7 cm³/mol. The molecule has 1 aromatic carbocycles. The lowest BCUT2D eigenvalue weighted by molar-refractivity contribution is -0.137. The minimum absolute atomic E-state index is 0.114. The van der Waals surface area contributed by atoms with Gasteiger partial charge in [-0.05, 0) is 43.2 Å². The predicted octanol–water partition coefficient (Wildman–Crippen LogP) is 3.44. The van der Waals surface area contributed by atoms with Gasteiger partial charge >= 0.3 is 12.2 Å². The van der Waals surface area contributed by atoms with E-state index in [1.54, 1.807) is 19.3 Å². The largest absolute Gasteiger partial charge is 0.416 e. The van der Waals surface area contributed by atoms with Gasteiger partial charge in [0.1, 0.15) is 5.82 Å². The molecule has 0 bridgehead atoms. The number of nitrogens with zero attached hydrogens (tertiary/aromatic N) is 4. The molecular formula is C19H21F4N5O. The van der Waals surface area contributed by atoms with Crippen molar-refractivity contribution in [3.63, 3.8) is 0 Å². The molecule has 0 aliphatic carbocycles. The number of alkyl halides is 3. The van der Waals surface area contributed by atoms with E-state index in [1.807, 2.05) is 11.0 Å². The number of halogens is 4. The number of amides is 2. The van der Waals surface area contributed by atoms with E-state index >= 15 is 0 Å². The van der Waals surface area contributed by atoms with Crippen LogP contribution in [0, 0.1) is 5.82 Å². The summed E-state index contributed by atoms with van der Waals surface area (Å²) >= 11 is 0. The van der Waals surface area contributed by atoms with Gasteiger partial charge in [-0.15, -0.1) is 5.10 Å². The highest BCUT2D eigenvalue weighted by Gasteiger charge is 2.31. The van der Waals surface area contributed by atoms with Crippen LogP contribution in [0.2, 0.25) is 0 Å². The van der Waals surface area contributed by atoms with Crippen LogP contribution in [-0.2, 0) is 12.7 Å². The van der Waals surface area contributed by atoms with Crippen molar-refractivity contribution in [2.45, 2.75) is 31.6 Å². The summed E-state index contributed by atoms with van der Waals surface area (Å²) < 4.78 is 52.3. The van der Waals surface area contributed by atoms with E-state index in [2.05, 4.69) is 15.5 Å². The van der Waals surface area contributed by atoms with Gasteiger partial charge in [0.15, 0.2) is 5.82 Å². The van der Waals surface area contributed by atoms with Crippen molar-refractivity contribution in [2.75, 3.05) is 25.0 Å². The lowest BCUT2D eigenvalue weighted by Crippen LogP contribution is -2.51. The number of carbonyl (C=O) groups excluding carboxylic acids is 1. The molecule has 6 nitrogen and oxygen atoms in total. The van der Waals surface area contributed by atoms with Crippen molar-refractivity contribution in [1.82, 2.24) is 20.4 Å². The maximum absolute atomic E-state index is 13.9. The fraction of sp³-hybridized carbons (Fsp3) is 0.421. The van der Waals surface area contributed by atoms with E-state index in [0.717, 1.165) is 31.3 Å². The lowest BCUT2D eigenvalue weighted by atomic mass is 10.0. The first-order valence-corrected chi connectivity index (χ1v) is 9.14. The maximum atomic E-state index is 13.9. The summed E-state index contributed by atoms with van der Waals surface area (Å²) in [5, 5.41) is 10.4. The number of benzene rings is 1. The van der Waals surface area contributed by atoms with Crippen LogP contribution in [0.1, 0.15) is 24.0 Å². The second kappa shape index (κ2) is 8.62. The SMILES string of the molecule is CN(C(=O)NCc1cc(C(F)(F)F)ccc1F)[C@@H]1CCCN(c2cccnn2)C1. The van der Waals surface area contributed by atoms with Crippen molar-refractivity contribution < 1.29 is 22.4 Å². The average molecular weight is 411 g/mol. The molecule has 0 saturated carbocycles. The number of carbonyl (C=O) groups is 1. The zero-order valence-electron chi connectivity index (χ0n) is 15.8. The van der Waals surface area contributed by atoms with E-state index in [4.69, 9.17) is 0 Å². The number of hydrogen-bond donors (Lipinski definition) is 1. The quantitative estimate of drug-likeness (QED) is 0.783. The van der Waals surface area contributed by atoms with Crippen LogP contribution in [0.3, 0.4) is 0 Å². The standard InChI is InChI=1S/C19H21F4N5O/c1-27(15-4-3-9-28(12-15)17-5-2-8-25-26-17)18(29)24-11-13-10-14(19(21,22)23)6-7-16(13)20/h2,5-8,10,15H,3-4,9,11-12H2,1H3,(H,24,29)/t15-/m1/s1. The van der Waals surface area contributed by atoms with Crippen LogP contribution < -0.4 is 10.2 Å². The van der Waals surface area contributed by atoms with Gasteiger partial charge in [0.2, 0.25) is 0 Å². The minimum atomic E-state index is -4.57. The molecule has 1 aliphatic rings. The molecule has 3 rings (SSSR count). The third kappa shape index (κ3) is 5.12. The molecule has 10 heteroatoms. The number of anilines is 1. The minimum Gasteiger partial charge on any atom is -0.353 e. The van der Waals surface area contributed by atoms with Gasteiger partial charge in [-0.2, -0.15) is 18.3 Å². The number of likely N-dealkylation sites (N-methyl/N-ethyl adjacent to an activating group) is 1. The molecule has 1 aliphatic heterocycles. The van der Waals surface area contributed by atoms with Crippen molar-refractivity contribution in [3.05, 3.63) is 53.5 Å². The second-order valence-electron chi connectivity index (χ2n) is 6.90. The molecule has 156 valence electrons. The summed E-state index contributed by atoms with van der Waals surface area (Å²) in [7, 11) is 1.61. The third-order valence-electron chi connectivity index (χ3n) is 4.95. The Labute approximate surface area is 165 Å². The van der Waals surface area contributed by atoms with Gasteiger partial charge in [-0.1, -0.05) is 0 Å². The Kier molecular flexibility index (Phi) is 6.19. The smallest absolute Gasteiger partial charge is 0.353 e. The van der Waals surface area contributed by atoms with Gasteiger partial charge in [0, 0.05) is 38.4 Å². The Balaban J connectivity index is 1.61. The van der Waals surface area contributed by atoms with Gasteiger partial charge in [-0.25, -0.2) is 9.18 Å². The van der Waals surface area contributed by atoms with E-state index in [1.165, 1.54) is 4.90 Å². The van der Waals surface area contributed by atoms with E-state index in [-0.39, 0.29) is 18.2 Å². The molecule has 1 fully saturated rings. The van der Waals surface area contributed by atoms with Crippen LogP contribution in [-0.4, -0.2) is 47.3 Å². The molecule has 2 aromatic rings. The van der Waals surface area contributed by atoms with Crippen molar-refractivity contribution in [2.24, 2.45) is 0 Å². The van der Waals surface area contributed by atoms with Crippen molar-refractivity contribution >= 4 is 11.8 Å². The molecule has 29 heavy (non-hydrogen) atoms. The summed E-state index contributed by atoms with van der Waals surface area (Å²) in [4.78, 5) is 16.0. The van der Waals surface area contributed by atoms with Crippen LogP contribution in [0.5, 0.6) is 0 Å². The molecule has 1 saturated heterocycles. The molecule has 1 atom stereocenters. The van der Waals surface area contributed by atoms with Crippen LogP contribution in [0.25, 0.3) is 0 Å². The third-order valence-corrected chi connectivity index (χ3v) is 4.95. The maximum Gasteiger partial charge on any atom is 0.416 e. The Bertz CT molecular complexity index is 846. The Morgan fingerprint density at radius 3 is 2.83 bits per heavy atom. The van der Waals surface area contributed by atoms with Gasteiger partial charge in [-0.3, -0.25) is 0 Å². The number of nitrogens with one attached hydrogen (secondary N) is 1. The van der Waals surface area contributed by atoms with Gasteiger partial charge in [0.25, 0.3) is 0 Å². The summed E-state index contributed by atoms with van der Waals surface area (Å²) in [6.45, 7) is 1.01. The Morgan fingerprint density at radius 2 is 2.14 bits per heavy atom. The highest BCUT2D eigenvalue weighted by atomic mass is 19.4. The fourth-order valence-corrected chi connectivity index (χ4v) is 3.29. The van der Waals surface area contributed by atoms with E-state index in [9.17, 15) is 22.4 Å². The number of piperidine rings is 1. The monoisotopic (exact) mass is 411 g/mol. The highest BCUT2D eigenvalue weighted by molar-refractivity contribution is 5.74. The lowest BCUT2D eigenvalue weighted by Gasteiger charge is -2.38. The second-order valence-corrected chi connectivity index (χ2v) is 6.90. The topological polar surface area (TPSA) is 61.4 Å². The van der Waals surface area contributed by atoms with Crippen LogP contribution in [0.15, 0.2) is 36.5 Å². The molecule has 1 N–H and O–H groups in total. The molecule has 0 unspecified atom stereocenters. The first-order valence-electron chi connectivity index (χ1n) is 9.14. The normalized spacial score (nSPS) is 17.1. The van der Waals surface area contributed by atoms with Crippen LogP contribution in [0.4, 0.5) is 28.2 Å². The first-order chi connectivity index (χ1) is 13.8. The van der Waals surface area contributed by atoms with Crippen molar-refractivity contribution in [1.29, 1.82) is 0 Å². The summed E-state index contributed by atoms with van der Waals surface area (Å²) in [6, 6.07) is 5.18. The van der Waals surface area contributed by atoms with Crippen LogP contribution >= 0.6 is 0 Å². The fourth-order valence-electron chi connectivity index (χ4n) is 3.29. The summed E-state index contributed by atoms with van der Waals surface area (Å²) in [5.74, 6) is -0.0792. The molecule has 0 spiro atoms. The average Bonchev–Trinajstić information content (AvgIpc) is 2.72. The molecule has 2 heterocycles. The van der Waals surface area contributed by atoms with E-state index < -0.39 is 23.6 Å². The summed E-state index contributed by atoms with van der Waals surface area (Å²) in [6.07, 6.45) is -1.37. The Morgan fingerprint density at radius 1 is 1.34 bits per heavy atom. The molecule has 1 aromatic heterocycles. The number of hydrogen-bond acceptors (Lipinski definition) is 4. The van der Waals surface area contributed by atoms with Gasteiger partial charge < -0.3 is 15.1 Å². The van der Waals surface area contributed by atoms with Crippen molar-refractivity contribution in [3.8, 4) is 0 Å². The molecule has 2 amide bonds. The number of urea groups is 1. The summed E-state index contributed by atoms with van der Waals surface area (Å²) in [5.41, 5.74) is -1.17. The van der Waals surface area contributed by atoms with Gasteiger partial charge in [0.05, 0.1) is 11.6 Å². The molecular weight excluding hydrogens is 390 g/mol. The molecule has 0 radical (unpaired) electrons. The Hall–Kier alpha value is -2.91. The number of aromatic nitrogens is 2. The zero-order valence-corrected chi connectivity index (χ0v) is 15.8. The zero-order chi connectivity index (χ0) is 21.0. The number of rotatable bonds is 4. The van der Waals surface area contributed by atoms with E-state index in [0.29, 0.717) is 18.7 Å².